The smallest absolute Gasteiger partial charge is 0.282 e. The SMILES string of the molecule is Cc1ccc(OCC(=O)NNC(=S)NC(=O)c2ccccc2[N+](=O)[O-])c(C)c1. The molecule has 9 nitrogen and oxygen atoms in total. The summed E-state index contributed by atoms with van der Waals surface area (Å²) in [4.78, 5) is 34.3. The summed E-state index contributed by atoms with van der Waals surface area (Å²) in [7, 11) is 0. The maximum atomic E-state index is 12.1. The molecule has 0 spiro atoms. The topological polar surface area (TPSA) is 123 Å². The number of para-hydroxylation sites is 1. The van der Waals surface area contributed by atoms with Crippen molar-refractivity contribution in [3.8, 4) is 5.75 Å². The van der Waals surface area contributed by atoms with Crippen LogP contribution in [0.4, 0.5) is 5.69 Å². The average molecular weight is 402 g/mol. The van der Waals surface area contributed by atoms with Crippen molar-refractivity contribution in [2.75, 3.05) is 6.61 Å². The Labute approximate surface area is 166 Å². The molecular formula is C18H18N4O5S. The second-order valence-electron chi connectivity index (χ2n) is 5.79. The number of aryl methyl sites for hydroxylation is 2. The molecule has 0 saturated carbocycles. The van der Waals surface area contributed by atoms with Crippen LogP contribution in [0.25, 0.3) is 0 Å². The van der Waals surface area contributed by atoms with Gasteiger partial charge in [0.05, 0.1) is 4.92 Å². The van der Waals surface area contributed by atoms with Crippen molar-refractivity contribution in [2.24, 2.45) is 0 Å². The predicted octanol–water partition coefficient (Wildman–Crippen LogP) is 1.93. The van der Waals surface area contributed by atoms with Gasteiger partial charge in [0.25, 0.3) is 17.5 Å². The molecule has 28 heavy (non-hydrogen) atoms. The van der Waals surface area contributed by atoms with Gasteiger partial charge in [0.1, 0.15) is 11.3 Å². The number of nitrogens with one attached hydrogen (secondary N) is 3. The number of nitro groups is 1. The normalized spacial score (nSPS) is 9.93. The lowest BCUT2D eigenvalue weighted by atomic mass is 10.1. The van der Waals surface area contributed by atoms with E-state index in [0.29, 0.717) is 5.75 Å². The van der Waals surface area contributed by atoms with Crippen LogP contribution in [0.15, 0.2) is 42.5 Å². The second kappa shape index (κ2) is 9.42. The van der Waals surface area contributed by atoms with E-state index < -0.39 is 16.7 Å². The first-order valence-corrected chi connectivity index (χ1v) is 8.52. The van der Waals surface area contributed by atoms with Crippen LogP contribution in [0.2, 0.25) is 0 Å². The molecule has 0 aliphatic rings. The van der Waals surface area contributed by atoms with Crippen molar-refractivity contribution >= 4 is 34.8 Å². The zero-order chi connectivity index (χ0) is 20.7. The number of rotatable bonds is 5. The number of ether oxygens (including phenoxy) is 1. The fraction of sp³-hybridized carbons (Fsp3) is 0.167. The van der Waals surface area contributed by atoms with Crippen LogP contribution in [-0.2, 0) is 4.79 Å². The van der Waals surface area contributed by atoms with E-state index >= 15 is 0 Å². The molecule has 0 radical (unpaired) electrons. The van der Waals surface area contributed by atoms with Crippen molar-refractivity contribution < 1.29 is 19.2 Å². The molecule has 0 bridgehead atoms. The van der Waals surface area contributed by atoms with Crippen molar-refractivity contribution in [3.63, 3.8) is 0 Å². The van der Waals surface area contributed by atoms with Gasteiger partial charge in [0.2, 0.25) is 0 Å². The third kappa shape index (κ3) is 5.74. The summed E-state index contributed by atoms with van der Waals surface area (Å²) in [5, 5.41) is 13.0. The molecule has 2 rings (SSSR count). The van der Waals surface area contributed by atoms with Crippen LogP contribution in [0, 0.1) is 24.0 Å². The van der Waals surface area contributed by atoms with E-state index in [0.717, 1.165) is 11.1 Å². The highest BCUT2D eigenvalue weighted by Gasteiger charge is 2.19. The van der Waals surface area contributed by atoms with Gasteiger partial charge < -0.3 is 4.74 Å². The average Bonchev–Trinajstić information content (AvgIpc) is 2.65. The molecule has 0 atom stereocenters. The lowest BCUT2D eigenvalue weighted by molar-refractivity contribution is -0.385. The molecule has 146 valence electrons. The molecule has 2 aromatic rings. The van der Waals surface area contributed by atoms with Crippen LogP contribution < -0.4 is 20.9 Å². The minimum Gasteiger partial charge on any atom is -0.483 e. The number of carbonyl (C=O) groups is 2. The Balaban J connectivity index is 1.82. The van der Waals surface area contributed by atoms with E-state index in [1.807, 2.05) is 26.0 Å². The number of thiocarbonyl (C=S) groups is 1. The number of hydrogen-bond donors (Lipinski definition) is 3. The first-order chi connectivity index (χ1) is 13.3. The van der Waals surface area contributed by atoms with E-state index in [1.165, 1.54) is 24.3 Å². The Morgan fingerprint density at radius 1 is 1.14 bits per heavy atom. The zero-order valence-electron chi connectivity index (χ0n) is 15.1. The Bertz CT molecular complexity index is 932. The van der Waals surface area contributed by atoms with E-state index in [1.54, 1.807) is 6.07 Å². The largest absolute Gasteiger partial charge is 0.483 e. The molecule has 3 N–H and O–H groups in total. The summed E-state index contributed by atoms with van der Waals surface area (Å²) in [6.45, 7) is 3.55. The highest BCUT2D eigenvalue weighted by molar-refractivity contribution is 7.80. The first-order valence-electron chi connectivity index (χ1n) is 8.11. The number of benzene rings is 2. The van der Waals surface area contributed by atoms with Gasteiger partial charge in [-0.15, -0.1) is 0 Å². The van der Waals surface area contributed by atoms with Crippen LogP contribution in [0.3, 0.4) is 0 Å². The van der Waals surface area contributed by atoms with Gasteiger partial charge >= 0.3 is 0 Å². The molecule has 2 aromatic carbocycles. The number of carbonyl (C=O) groups excluding carboxylic acids is 2. The number of amides is 2. The van der Waals surface area contributed by atoms with E-state index in [2.05, 4.69) is 16.2 Å². The molecular weight excluding hydrogens is 384 g/mol. The summed E-state index contributed by atoms with van der Waals surface area (Å²) in [6.07, 6.45) is 0. The van der Waals surface area contributed by atoms with E-state index in [-0.39, 0.29) is 23.0 Å². The Kier molecular flexibility index (Phi) is 6.99. The highest BCUT2D eigenvalue weighted by Crippen LogP contribution is 2.18. The van der Waals surface area contributed by atoms with Crippen LogP contribution in [-0.4, -0.2) is 28.5 Å². The van der Waals surface area contributed by atoms with Gasteiger partial charge in [0, 0.05) is 6.07 Å². The minimum absolute atomic E-state index is 0.152. The molecule has 0 heterocycles. The molecule has 0 aliphatic heterocycles. The van der Waals surface area contributed by atoms with Gasteiger partial charge in [-0.25, -0.2) is 0 Å². The van der Waals surface area contributed by atoms with Crippen molar-refractivity contribution in [2.45, 2.75) is 13.8 Å². The lowest BCUT2D eigenvalue weighted by Gasteiger charge is -2.12. The summed E-state index contributed by atoms with van der Waals surface area (Å²) >= 11 is 4.90. The maximum absolute atomic E-state index is 12.1. The fourth-order valence-electron chi connectivity index (χ4n) is 2.29. The van der Waals surface area contributed by atoms with Gasteiger partial charge in [-0.1, -0.05) is 29.8 Å². The molecule has 2 amide bonds. The maximum Gasteiger partial charge on any atom is 0.282 e. The summed E-state index contributed by atoms with van der Waals surface area (Å²) in [5.41, 5.74) is 6.09. The molecule has 0 saturated heterocycles. The lowest BCUT2D eigenvalue weighted by Crippen LogP contribution is -2.49. The van der Waals surface area contributed by atoms with Crippen LogP contribution >= 0.6 is 12.2 Å². The highest BCUT2D eigenvalue weighted by atomic mass is 32.1. The van der Waals surface area contributed by atoms with Gasteiger partial charge in [-0.05, 0) is 43.8 Å². The minimum atomic E-state index is -0.773. The van der Waals surface area contributed by atoms with Gasteiger partial charge in [-0.2, -0.15) is 0 Å². The number of nitro benzene ring substituents is 1. The first kappa shape index (κ1) is 20.8. The van der Waals surface area contributed by atoms with Crippen molar-refractivity contribution in [1.82, 2.24) is 16.2 Å². The Morgan fingerprint density at radius 2 is 1.86 bits per heavy atom. The summed E-state index contributed by atoms with van der Waals surface area (Å²) < 4.78 is 5.42. The number of hydrazine groups is 1. The molecule has 0 aromatic heterocycles. The molecule has 0 fully saturated rings. The van der Waals surface area contributed by atoms with Gasteiger partial charge in [-0.3, -0.25) is 35.9 Å². The van der Waals surface area contributed by atoms with Gasteiger partial charge in [0.15, 0.2) is 11.7 Å². The molecule has 10 heteroatoms. The number of nitrogens with zero attached hydrogens (tertiary/aromatic N) is 1. The van der Waals surface area contributed by atoms with Crippen molar-refractivity contribution in [3.05, 3.63) is 69.3 Å². The zero-order valence-corrected chi connectivity index (χ0v) is 16.0. The van der Waals surface area contributed by atoms with E-state index in [9.17, 15) is 19.7 Å². The molecule has 0 aliphatic carbocycles. The third-order valence-corrected chi connectivity index (χ3v) is 3.78. The summed E-state index contributed by atoms with van der Waals surface area (Å²) in [6, 6.07) is 11.0. The van der Waals surface area contributed by atoms with Crippen LogP contribution in [0.5, 0.6) is 5.75 Å². The fourth-order valence-corrected chi connectivity index (χ4v) is 2.44. The third-order valence-electron chi connectivity index (χ3n) is 3.58. The number of hydrogen-bond acceptors (Lipinski definition) is 6. The van der Waals surface area contributed by atoms with Crippen molar-refractivity contribution in [1.29, 1.82) is 0 Å². The summed E-state index contributed by atoms with van der Waals surface area (Å²) in [5.74, 6) is -0.721. The standard InChI is InChI=1S/C18H18N4O5S/c1-11-7-8-15(12(2)9-11)27-10-16(23)20-21-18(28)19-17(24)13-5-3-4-6-14(13)22(25)26/h3-9H,10H2,1-2H3,(H,20,23)(H2,19,21,24,28). The Morgan fingerprint density at radius 3 is 2.54 bits per heavy atom. The Hall–Kier alpha value is -3.53. The molecule has 0 unspecified atom stereocenters. The predicted molar refractivity (Wildman–Crippen MR) is 106 cm³/mol. The van der Waals surface area contributed by atoms with Crippen LogP contribution in [0.1, 0.15) is 21.5 Å². The monoisotopic (exact) mass is 402 g/mol. The van der Waals surface area contributed by atoms with E-state index in [4.69, 9.17) is 17.0 Å². The second-order valence-corrected chi connectivity index (χ2v) is 6.20. The quantitative estimate of drug-likeness (QED) is 0.397.